The minimum Gasteiger partial charge on any atom is -0.315 e. The largest absolute Gasteiger partial charge is 0.418 e. The molecule has 0 aliphatic carbocycles. The minimum absolute atomic E-state index is 0.200. The van der Waals surface area contributed by atoms with Gasteiger partial charge in [-0.25, -0.2) is 13.1 Å². The summed E-state index contributed by atoms with van der Waals surface area (Å²) in [6, 6.07) is 12.6. The number of alkyl halides is 3. The Bertz CT molecular complexity index is 1100. The zero-order valence-electron chi connectivity index (χ0n) is 16.3. The van der Waals surface area contributed by atoms with Gasteiger partial charge in [0.25, 0.3) is 0 Å². The Morgan fingerprint density at radius 2 is 1.80 bits per heavy atom. The van der Waals surface area contributed by atoms with Gasteiger partial charge in [0.05, 0.1) is 10.5 Å². The van der Waals surface area contributed by atoms with Gasteiger partial charge in [-0.15, -0.1) is 0 Å². The van der Waals surface area contributed by atoms with Crippen molar-refractivity contribution in [1.82, 2.24) is 15.0 Å². The molecule has 0 aliphatic rings. The van der Waals surface area contributed by atoms with Crippen molar-refractivity contribution in [3.8, 4) is 0 Å². The van der Waals surface area contributed by atoms with E-state index in [0.29, 0.717) is 6.54 Å². The number of nitrogens with one attached hydrogen (secondary N) is 2. The lowest BCUT2D eigenvalue weighted by molar-refractivity contribution is -0.138. The van der Waals surface area contributed by atoms with E-state index < -0.39 is 32.7 Å². The van der Waals surface area contributed by atoms with Gasteiger partial charge in [0, 0.05) is 30.4 Å². The first-order chi connectivity index (χ1) is 14.2. The van der Waals surface area contributed by atoms with Gasteiger partial charge in [-0.3, -0.25) is 4.98 Å². The van der Waals surface area contributed by atoms with Crippen LogP contribution in [0, 0.1) is 0 Å². The van der Waals surface area contributed by atoms with Crippen molar-refractivity contribution >= 4 is 20.8 Å². The van der Waals surface area contributed by atoms with E-state index in [-0.39, 0.29) is 17.3 Å². The number of sulfonamides is 1. The third kappa shape index (κ3) is 5.35. The van der Waals surface area contributed by atoms with E-state index in [2.05, 4.69) is 15.0 Å². The molecule has 3 rings (SSSR count). The third-order valence-electron chi connectivity index (χ3n) is 4.60. The standard InChI is InChI=1S/C21H22F3N3O2S/c1-15(13-25-11-9-16-5-3-2-4-6-16)27-30(28,29)19-8-7-17-14-26-12-10-18(17)20(19)21(22,23)24/h2-8,10,12,14-15,25,27H,9,11,13H2,1H3/t15-/m1/s1. The summed E-state index contributed by atoms with van der Waals surface area (Å²) in [7, 11) is -4.38. The highest BCUT2D eigenvalue weighted by Crippen LogP contribution is 2.39. The van der Waals surface area contributed by atoms with E-state index >= 15 is 0 Å². The summed E-state index contributed by atoms with van der Waals surface area (Å²) in [5.74, 6) is 0. The van der Waals surface area contributed by atoms with Crippen molar-refractivity contribution in [2.75, 3.05) is 13.1 Å². The summed E-state index contributed by atoms with van der Waals surface area (Å²) in [5.41, 5.74) is -0.0437. The van der Waals surface area contributed by atoms with Crippen LogP contribution in [0.1, 0.15) is 18.1 Å². The van der Waals surface area contributed by atoms with Crippen LogP contribution in [0.5, 0.6) is 0 Å². The molecule has 0 bridgehead atoms. The maximum absolute atomic E-state index is 13.7. The van der Waals surface area contributed by atoms with Crippen LogP contribution in [0.15, 0.2) is 65.8 Å². The van der Waals surface area contributed by atoms with Gasteiger partial charge in [-0.2, -0.15) is 13.2 Å². The highest BCUT2D eigenvalue weighted by molar-refractivity contribution is 7.89. The fourth-order valence-electron chi connectivity index (χ4n) is 3.23. The number of aromatic nitrogens is 1. The molecule has 1 aromatic heterocycles. The lowest BCUT2D eigenvalue weighted by Gasteiger charge is -2.19. The fraction of sp³-hybridized carbons (Fsp3) is 0.286. The summed E-state index contributed by atoms with van der Waals surface area (Å²) in [4.78, 5) is 3.01. The monoisotopic (exact) mass is 437 g/mol. The number of fused-ring (bicyclic) bond motifs is 1. The van der Waals surface area contributed by atoms with Gasteiger partial charge in [0.2, 0.25) is 10.0 Å². The second-order valence-electron chi connectivity index (χ2n) is 7.00. The molecule has 0 saturated heterocycles. The Morgan fingerprint density at radius 3 is 2.50 bits per heavy atom. The number of hydrogen-bond donors (Lipinski definition) is 2. The average Bonchev–Trinajstić information content (AvgIpc) is 2.70. The van der Waals surface area contributed by atoms with E-state index in [0.717, 1.165) is 18.1 Å². The Balaban J connectivity index is 1.73. The third-order valence-corrected chi connectivity index (χ3v) is 6.23. The van der Waals surface area contributed by atoms with Crippen LogP contribution in [0.2, 0.25) is 0 Å². The molecule has 0 spiro atoms. The van der Waals surface area contributed by atoms with E-state index in [9.17, 15) is 21.6 Å². The fourth-order valence-corrected chi connectivity index (χ4v) is 4.71. The molecule has 1 heterocycles. The van der Waals surface area contributed by atoms with Crippen LogP contribution in [0.4, 0.5) is 13.2 Å². The van der Waals surface area contributed by atoms with E-state index in [1.165, 1.54) is 24.5 Å². The molecule has 1 atom stereocenters. The first-order valence-corrected chi connectivity index (χ1v) is 10.9. The molecule has 0 saturated carbocycles. The molecule has 0 aliphatic heterocycles. The lowest BCUT2D eigenvalue weighted by Crippen LogP contribution is -2.41. The van der Waals surface area contributed by atoms with Gasteiger partial charge >= 0.3 is 6.18 Å². The molecular weight excluding hydrogens is 415 g/mol. The van der Waals surface area contributed by atoms with Gasteiger partial charge in [-0.1, -0.05) is 36.4 Å². The molecule has 0 fully saturated rings. The van der Waals surface area contributed by atoms with Crippen LogP contribution < -0.4 is 10.0 Å². The smallest absolute Gasteiger partial charge is 0.315 e. The second kappa shape index (κ2) is 9.11. The Kier molecular flexibility index (Phi) is 6.74. The quantitative estimate of drug-likeness (QED) is 0.527. The first kappa shape index (κ1) is 22.2. The predicted octanol–water partition coefficient (Wildman–Crippen LogP) is 3.75. The summed E-state index contributed by atoms with van der Waals surface area (Å²) in [6.45, 7) is 2.50. The molecule has 160 valence electrons. The number of benzene rings is 2. The van der Waals surface area contributed by atoms with Crippen LogP contribution in [0.3, 0.4) is 0 Å². The Hall–Kier alpha value is -2.49. The summed E-state index contributed by atoms with van der Waals surface area (Å²) in [6.07, 6.45) is -1.59. The molecule has 0 unspecified atom stereocenters. The van der Waals surface area contributed by atoms with Crippen molar-refractivity contribution in [1.29, 1.82) is 0 Å². The molecule has 0 amide bonds. The van der Waals surface area contributed by atoms with Gasteiger partial charge in [0.15, 0.2) is 0 Å². The number of pyridine rings is 1. The summed E-state index contributed by atoms with van der Waals surface area (Å²) >= 11 is 0. The number of nitrogens with zero attached hydrogens (tertiary/aromatic N) is 1. The van der Waals surface area contributed by atoms with Crippen LogP contribution in [-0.2, 0) is 22.6 Å². The van der Waals surface area contributed by atoms with Crippen molar-refractivity contribution in [2.45, 2.75) is 30.5 Å². The van der Waals surface area contributed by atoms with Crippen molar-refractivity contribution in [2.24, 2.45) is 0 Å². The number of halogens is 3. The van der Waals surface area contributed by atoms with Crippen molar-refractivity contribution < 1.29 is 21.6 Å². The Labute approximate surface area is 173 Å². The van der Waals surface area contributed by atoms with Crippen LogP contribution >= 0.6 is 0 Å². The second-order valence-corrected chi connectivity index (χ2v) is 8.68. The van der Waals surface area contributed by atoms with Crippen LogP contribution in [0.25, 0.3) is 10.8 Å². The first-order valence-electron chi connectivity index (χ1n) is 9.39. The molecular formula is C21H22F3N3O2S. The number of hydrogen-bond acceptors (Lipinski definition) is 4. The lowest BCUT2D eigenvalue weighted by atomic mass is 10.1. The normalized spacial score (nSPS) is 13.5. The van der Waals surface area contributed by atoms with Crippen LogP contribution in [-0.4, -0.2) is 32.5 Å². The minimum atomic E-state index is -4.83. The van der Waals surface area contributed by atoms with Gasteiger partial charge in [0.1, 0.15) is 0 Å². The Morgan fingerprint density at radius 1 is 1.07 bits per heavy atom. The zero-order valence-corrected chi connectivity index (χ0v) is 17.1. The number of rotatable bonds is 8. The summed E-state index contributed by atoms with van der Waals surface area (Å²) in [5, 5.41) is 3.15. The maximum Gasteiger partial charge on any atom is 0.418 e. The van der Waals surface area contributed by atoms with E-state index in [1.54, 1.807) is 6.92 Å². The zero-order chi connectivity index (χ0) is 21.8. The molecule has 3 aromatic rings. The van der Waals surface area contributed by atoms with Gasteiger partial charge < -0.3 is 5.32 Å². The highest BCUT2D eigenvalue weighted by atomic mass is 32.2. The average molecular weight is 437 g/mol. The molecule has 30 heavy (non-hydrogen) atoms. The SMILES string of the molecule is C[C@H](CNCCc1ccccc1)NS(=O)(=O)c1ccc2cnccc2c1C(F)(F)F. The van der Waals surface area contributed by atoms with E-state index in [4.69, 9.17) is 0 Å². The molecule has 9 heteroatoms. The predicted molar refractivity (Wildman–Crippen MR) is 110 cm³/mol. The van der Waals surface area contributed by atoms with E-state index in [1.807, 2.05) is 30.3 Å². The summed E-state index contributed by atoms with van der Waals surface area (Å²) < 4.78 is 69.0. The van der Waals surface area contributed by atoms with Crippen molar-refractivity contribution in [3.05, 3.63) is 72.1 Å². The van der Waals surface area contributed by atoms with Gasteiger partial charge in [-0.05, 0) is 43.0 Å². The highest BCUT2D eigenvalue weighted by Gasteiger charge is 2.39. The molecule has 2 aromatic carbocycles. The maximum atomic E-state index is 13.7. The topological polar surface area (TPSA) is 71.1 Å². The molecule has 0 radical (unpaired) electrons. The van der Waals surface area contributed by atoms with Crippen molar-refractivity contribution in [3.63, 3.8) is 0 Å². The molecule has 2 N–H and O–H groups in total. The molecule has 5 nitrogen and oxygen atoms in total.